The number of hydrogen-bond acceptors (Lipinski definition) is 5. The largest absolute Gasteiger partial charge is 0.326 e. The van der Waals surface area contributed by atoms with Crippen LogP contribution in [0.3, 0.4) is 0 Å². The molecule has 0 bridgehead atoms. The molecule has 7 heteroatoms. The maximum Gasteiger partial charge on any atom is 0.255 e. The average Bonchev–Trinajstić information content (AvgIpc) is 3.00. The van der Waals surface area contributed by atoms with Gasteiger partial charge in [-0.1, -0.05) is 6.07 Å². The lowest BCUT2D eigenvalue weighted by molar-refractivity contribution is -0.115. The van der Waals surface area contributed by atoms with Gasteiger partial charge >= 0.3 is 0 Å². The Hall–Kier alpha value is -3.74. The number of fused-ring (bicyclic) bond motifs is 1. The van der Waals surface area contributed by atoms with E-state index in [0.717, 1.165) is 28.3 Å². The monoisotopic (exact) mass is 373 g/mol. The number of carbonyl (C=O) groups excluding carboxylic acids is 2. The third kappa shape index (κ3) is 3.83. The Bertz CT molecular complexity index is 1070. The van der Waals surface area contributed by atoms with Crippen LogP contribution in [0.25, 0.3) is 0 Å². The van der Waals surface area contributed by atoms with Crippen LogP contribution in [-0.2, 0) is 11.2 Å². The van der Waals surface area contributed by atoms with E-state index in [1.807, 2.05) is 44.2 Å². The van der Waals surface area contributed by atoms with Crippen LogP contribution in [0.15, 0.2) is 48.5 Å². The minimum atomic E-state index is -0.234. The Labute approximate surface area is 162 Å². The van der Waals surface area contributed by atoms with Crippen LogP contribution < -0.4 is 16.0 Å². The lowest BCUT2D eigenvalue weighted by Gasteiger charge is -2.10. The number of nitrogens with zero attached hydrogens (tertiary/aromatic N) is 2. The topological polar surface area (TPSA) is 96.0 Å². The molecule has 0 saturated carbocycles. The van der Waals surface area contributed by atoms with Crippen molar-refractivity contribution >= 4 is 34.8 Å². The lowest BCUT2D eigenvalue weighted by Crippen LogP contribution is -2.12. The molecule has 140 valence electrons. The molecular formula is C21H19N5O2. The normalized spacial score (nSPS) is 12.3. The Morgan fingerprint density at radius 2 is 1.75 bits per heavy atom. The van der Waals surface area contributed by atoms with E-state index in [0.29, 0.717) is 23.6 Å². The molecule has 3 N–H and O–H groups in total. The summed E-state index contributed by atoms with van der Waals surface area (Å²) in [6.07, 6.45) is 0.297. The Morgan fingerprint density at radius 3 is 2.54 bits per heavy atom. The average molecular weight is 373 g/mol. The van der Waals surface area contributed by atoms with Gasteiger partial charge in [-0.15, -0.1) is 0 Å². The van der Waals surface area contributed by atoms with Gasteiger partial charge in [0.15, 0.2) is 0 Å². The van der Waals surface area contributed by atoms with Crippen molar-refractivity contribution in [3.05, 3.63) is 71.0 Å². The number of nitrogens with one attached hydrogen (secondary N) is 3. The van der Waals surface area contributed by atoms with Crippen molar-refractivity contribution in [2.75, 3.05) is 16.0 Å². The summed E-state index contributed by atoms with van der Waals surface area (Å²) in [4.78, 5) is 32.8. The first-order valence-electron chi connectivity index (χ1n) is 8.90. The number of anilines is 4. The molecule has 0 atom stereocenters. The molecule has 1 aliphatic heterocycles. The molecule has 7 nitrogen and oxygen atoms in total. The summed E-state index contributed by atoms with van der Waals surface area (Å²) in [7, 11) is 0. The second-order valence-electron chi connectivity index (χ2n) is 6.73. The summed E-state index contributed by atoms with van der Waals surface area (Å²) in [6, 6.07) is 14.4. The van der Waals surface area contributed by atoms with Crippen LogP contribution in [-0.4, -0.2) is 21.8 Å². The molecule has 0 unspecified atom stereocenters. The Morgan fingerprint density at radius 1 is 1.00 bits per heavy atom. The third-order valence-corrected chi connectivity index (χ3v) is 4.35. The first-order chi connectivity index (χ1) is 13.5. The minimum Gasteiger partial charge on any atom is -0.326 e. The fraction of sp³-hybridized carbons (Fsp3) is 0.143. The molecule has 4 rings (SSSR count). The van der Waals surface area contributed by atoms with Crippen LogP contribution in [0.1, 0.15) is 27.3 Å². The Balaban J connectivity index is 1.49. The van der Waals surface area contributed by atoms with Gasteiger partial charge in [0.1, 0.15) is 0 Å². The maximum atomic E-state index is 12.6. The summed E-state index contributed by atoms with van der Waals surface area (Å²) in [5.41, 5.74) is 5.28. The van der Waals surface area contributed by atoms with Crippen molar-refractivity contribution in [3.63, 3.8) is 0 Å². The zero-order valence-electron chi connectivity index (χ0n) is 15.5. The second kappa shape index (κ2) is 7.11. The number of aryl methyl sites for hydroxylation is 2. The number of hydrogen-bond donors (Lipinski definition) is 3. The van der Waals surface area contributed by atoms with Crippen molar-refractivity contribution in [3.8, 4) is 0 Å². The molecule has 1 aromatic heterocycles. The molecule has 2 heterocycles. The van der Waals surface area contributed by atoms with E-state index in [2.05, 4.69) is 25.9 Å². The summed E-state index contributed by atoms with van der Waals surface area (Å²) >= 11 is 0. The van der Waals surface area contributed by atoms with Crippen molar-refractivity contribution in [1.82, 2.24) is 9.97 Å². The lowest BCUT2D eigenvalue weighted by atomic mass is 10.1. The molecule has 0 radical (unpaired) electrons. The van der Waals surface area contributed by atoms with Gasteiger partial charge in [0.2, 0.25) is 11.9 Å². The summed E-state index contributed by atoms with van der Waals surface area (Å²) < 4.78 is 0. The smallest absolute Gasteiger partial charge is 0.255 e. The quantitative estimate of drug-likeness (QED) is 0.650. The van der Waals surface area contributed by atoms with Crippen molar-refractivity contribution in [2.24, 2.45) is 0 Å². The van der Waals surface area contributed by atoms with E-state index >= 15 is 0 Å². The van der Waals surface area contributed by atoms with Gasteiger partial charge < -0.3 is 16.0 Å². The molecular weight excluding hydrogens is 354 g/mol. The molecule has 0 spiro atoms. The molecule has 2 aromatic carbocycles. The predicted octanol–water partition coefficient (Wildman–Crippen LogP) is 3.58. The molecule has 0 saturated heterocycles. The SMILES string of the molecule is Cc1cc(C)nc(Nc2cccc(NC(=O)c3ccc4c(c3)CC(=O)N4)c2)n1. The molecule has 28 heavy (non-hydrogen) atoms. The van der Waals surface area contributed by atoms with Crippen molar-refractivity contribution in [1.29, 1.82) is 0 Å². The van der Waals surface area contributed by atoms with Gasteiger partial charge in [0.25, 0.3) is 5.91 Å². The zero-order chi connectivity index (χ0) is 19.7. The summed E-state index contributed by atoms with van der Waals surface area (Å²) in [5, 5.41) is 8.80. The molecule has 0 aliphatic carbocycles. The minimum absolute atomic E-state index is 0.0556. The van der Waals surface area contributed by atoms with E-state index < -0.39 is 0 Å². The number of aromatic nitrogens is 2. The molecule has 3 aromatic rings. The highest BCUT2D eigenvalue weighted by atomic mass is 16.2. The zero-order valence-corrected chi connectivity index (χ0v) is 15.5. The predicted molar refractivity (Wildman–Crippen MR) is 108 cm³/mol. The van der Waals surface area contributed by atoms with E-state index in [-0.39, 0.29) is 11.8 Å². The highest BCUT2D eigenvalue weighted by Gasteiger charge is 2.19. The van der Waals surface area contributed by atoms with E-state index in [4.69, 9.17) is 0 Å². The summed E-state index contributed by atoms with van der Waals surface area (Å²) in [5.74, 6) is 0.221. The van der Waals surface area contributed by atoms with Gasteiger partial charge in [-0.25, -0.2) is 9.97 Å². The third-order valence-electron chi connectivity index (χ3n) is 4.35. The van der Waals surface area contributed by atoms with Gasteiger partial charge in [-0.2, -0.15) is 0 Å². The molecule has 1 aliphatic rings. The van der Waals surface area contributed by atoms with E-state index in [1.165, 1.54) is 0 Å². The Kier molecular flexibility index (Phi) is 4.49. The van der Waals surface area contributed by atoms with E-state index in [1.54, 1.807) is 18.2 Å². The highest BCUT2D eigenvalue weighted by Crippen LogP contribution is 2.25. The molecule has 0 fully saturated rings. The maximum absolute atomic E-state index is 12.6. The standard InChI is InChI=1S/C21H19N5O2/c1-12-8-13(2)23-21(22-12)25-17-5-3-4-16(11-17)24-20(28)14-6-7-18-15(9-14)10-19(27)26-18/h3-9,11H,10H2,1-2H3,(H,24,28)(H,26,27)(H,22,23,25). The van der Waals surface area contributed by atoms with Gasteiger partial charge in [0, 0.05) is 34.0 Å². The number of amides is 2. The fourth-order valence-corrected chi connectivity index (χ4v) is 3.16. The van der Waals surface area contributed by atoms with Gasteiger partial charge in [0.05, 0.1) is 6.42 Å². The van der Waals surface area contributed by atoms with Crippen LogP contribution in [0.4, 0.5) is 23.0 Å². The van der Waals surface area contributed by atoms with Crippen molar-refractivity contribution < 1.29 is 9.59 Å². The summed E-state index contributed by atoms with van der Waals surface area (Å²) in [6.45, 7) is 3.83. The second-order valence-corrected chi connectivity index (χ2v) is 6.73. The number of rotatable bonds is 4. The van der Waals surface area contributed by atoms with Crippen LogP contribution >= 0.6 is 0 Å². The van der Waals surface area contributed by atoms with Crippen LogP contribution in [0, 0.1) is 13.8 Å². The fourth-order valence-electron chi connectivity index (χ4n) is 3.16. The number of benzene rings is 2. The number of carbonyl (C=O) groups is 2. The first kappa shape index (κ1) is 17.7. The van der Waals surface area contributed by atoms with Gasteiger partial charge in [-0.05, 0) is 61.9 Å². The molecule has 2 amide bonds. The highest BCUT2D eigenvalue weighted by molar-refractivity contribution is 6.06. The van der Waals surface area contributed by atoms with Crippen molar-refractivity contribution in [2.45, 2.75) is 20.3 Å². The van der Waals surface area contributed by atoms with Crippen LogP contribution in [0.5, 0.6) is 0 Å². The van der Waals surface area contributed by atoms with Crippen LogP contribution in [0.2, 0.25) is 0 Å². The first-order valence-corrected chi connectivity index (χ1v) is 8.90. The van der Waals surface area contributed by atoms with Gasteiger partial charge in [-0.3, -0.25) is 9.59 Å². The van der Waals surface area contributed by atoms with E-state index in [9.17, 15) is 9.59 Å².